The number of hydrogen-bond donors (Lipinski definition) is 1. The zero-order valence-electron chi connectivity index (χ0n) is 8.76. The minimum Gasteiger partial charge on any atom is -0.369 e. The monoisotopic (exact) mass is 181 g/mol. The summed E-state index contributed by atoms with van der Waals surface area (Å²) < 4.78 is 0. The van der Waals surface area contributed by atoms with Crippen molar-refractivity contribution in [2.45, 2.75) is 40.0 Å². The summed E-state index contributed by atoms with van der Waals surface area (Å²) in [6.45, 7) is 6.65. The predicted octanol–water partition coefficient (Wildman–Crippen LogP) is 1.93. The van der Waals surface area contributed by atoms with E-state index in [1.54, 1.807) is 0 Å². The zero-order valence-corrected chi connectivity index (χ0v) is 8.76. The summed E-state index contributed by atoms with van der Waals surface area (Å²) in [7, 11) is 0. The molecule has 2 nitrogen and oxygen atoms in total. The summed E-state index contributed by atoms with van der Waals surface area (Å²) in [5.74, 6) is 0.725. The number of rotatable bonds is 1. The van der Waals surface area contributed by atoms with Crippen molar-refractivity contribution < 1.29 is 4.79 Å². The average molecular weight is 181 g/mol. The molecule has 0 aromatic carbocycles. The fraction of sp³-hybridized carbons (Fsp3) is 0.909. The van der Waals surface area contributed by atoms with Gasteiger partial charge in [-0.05, 0) is 36.0 Å². The van der Waals surface area contributed by atoms with E-state index in [9.17, 15) is 4.79 Å². The Bertz CT molecular complexity index is 254. The van der Waals surface area contributed by atoms with Gasteiger partial charge in [0.15, 0.2) is 0 Å². The lowest BCUT2D eigenvalue weighted by molar-refractivity contribution is -0.130. The molecule has 2 fully saturated rings. The van der Waals surface area contributed by atoms with Crippen LogP contribution >= 0.6 is 0 Å². The van der Waals surface area contributed by atoms with Crippen LogP contribution in [0.1, 0.15) is 40.0 Å². The number of fused-ring (bicyclic) bond motifs is 2. The Balaban J connectivity index is 2.39. The smallest absolute Gasteiger partial charge is 0.221 e. The van der Waals surface area contributed by atoms with Crippen molar-refractivity contribution in [2.75, 3.05) is 0 Å². The highest BCUT2D eigenvalue weighted by atomic mass is 16.1. The molecule has 74 valence electrons. The van der Waals surface area contributed by atoms with Crippen molar-refractivity contribution >= 4 is 5.91 Å². The molecule has 0 saturated heterocycles. The minimum absolute atomic E-state index is 0.0882. The molecule has 2 aliphatic carbocycles. The SMILES string of the molecule is CC1(C)[C@@H]2CC[C@@](C)(C2)[C@@H]1C(N)=O. The first-order valence-electron chi connectivity index (χ1n) is 5.17. The molecule has 0 unspecified atom stereocenters. The van der Waals surface area contributed by atoms with Gasteiger partial charge in [-0.25, -0.2) is 0 Å². The number of primary amides is 1. The van der Waals surface area contributed by atoms with Gasteiger partial charge in [0.25, 0.3) is 0 Å². The van der Waals surface area contributed by atoms with Crippen LogP contribution < -0.4 is 5.73 Å². The van der Waals surface area contributed by atoms with E-state index in [1.807, 2.05) is 0 Å². The van der Waals surface area contributed by atoms with Crippen LogP contribution in [0.4, 0.5) is 0 Å². The molecule has 0 radical (unpaired) electrons. The largest absolute Gasteiger partial charge is 0.369 e. The molecule has 2 N–H and O–H groups in total. The van der Waals surface area contributed by atoms with Crippen LogP contribution in [0.3, 0.4) is 0 Å². The van der Waals surface area contributed by atoms with Crippen LogP contribution in [-0.2, 0) is 4.79 Å². The quantitative estimate of drug-likeness (QED) is 0.660. The molecular weight excluding hydrogens is 162 g/mol. The number of carbonyl (C=O) groups excluding carboxylic acids is 1. The van der Waals surface area contributed by atoms with E-state index in [-0.39, 0.29) is 22.7 Å². The van der Waals surface area contributed by atoms with E-state index in [0.717, 1.165) is 5.92 Å². The summed E-state index contributed by atoms with van der Waals surface area (Å²) in [5.41, 5.74) is 5.85. The van der Waals surface area contributed by atoms with Gasteiger partial charge in [-0.15, -0.1) is 0 Å². The first-order valence-corrected chi connectivity index (χ1v) is 5.17. The van der Waals surface area contributed by atoms with Gasteiger partial charge in [-0.1, -0.05) is 20.8 Å². The zero-order chi connectivity index (χ0) is 9.85. The van der Waals surface area contributed by atoms with Gasteiger partial charge in [0.1, 0.15) is 0 Å². The van der Waals surface area contributed by atoms with E-state index in [0.29, 0.717) is 0 Å². The van der Waals surface area contributed by atoms with Crippen LogP contribution in [0, 0.1) is 22.7 Å². The molecular formula is C11H19NO. The number of hydrogen-bond acceptors (Lipinski definition) is 1. The Hall–Kier alpha value is -0.530. The Morgan fingerprint density at radius 1 is 1.38 bits per heavy atom. The Kier molecular flexibility index (Phi) is 1.59. The Morgan fingerprint density at radius 2 is 2.00 bits per heavy atom. The van der Waals surface area contributed by atoms with Gasteiger partial charge in [-0.2, -0.15) is 0 Å². The predicted molar refractivity (Wildman–Crippen MR) is 51.9 cm³/mol. The lowest BCUT2D eigenvalue weighted by atomic mass is 9.63. The van der Waals surface area contributed by atoms with Crippen LogP contribution in [-0.4, -0.2) is 5.91 Å². The second-order valence-corrected chi connectivity index (χ2v) is 5.75. The Labute approximate surface area is 79.9 Å². The number of nitrogens with two attached hydrogens (primary N) is 1. The van der Waals surface area contributed by atoms with Crippen LogP contribution in [0.5, 0.6) is 0 Å². The van der Waals surface area contributed by atoms with E-state index < -0.39 is 0 Å². The van der Waals surface area contributed by atoms with Gasteiger partial charge in [0, 0.05) is 5.92 Å². The van der Waals surface area contributed by atoms with E-state index in [1.165, 1.54) is 19.3 Å². The van der Waals surface area contributed by atoms with Crippen molar-refractivity contribution in [2.24, 2.45) is 28.4 Å². The highest BCUT2D eigenvalue weighted by Crippen LogP contribution is 2.65. The maximum Gasteiger partial charge on any atom is 0.221 e. The molecule has 0 heterocycles. The van der Waals surface area contributed by atoms with E-state index >= 15 is 0 Å². The highest BCUT2D eigenvalue weighted by Gasteiger charge is 2.61. The van der Waals surface area contributed by atoms with Crippen molar-refractivity contribution in [3.05, 3.63) is 0 Å². The molecule has 0 aliphatic heterocycles. The van der Waals surface area contributed by atoms with Crippen molar-refractivity contribution in [3.8, 4) is 0 Å². The van der Waals surface area contributed by atoms with Crippen molar-refractivity contribution in [1.82, 2.24) is 0 Å². The molecule has 1 amide bonds. The lowest BCUT2D eigenvalue weighted by Crippen LogP contribution is -2.43. The van der Waals surface area contributed by atoms with E-state index in [2.05, 4.69) is 20.8 Å². The van der Waals surface area contributed by atoms with Crippen molar-refractivity contribution in [3.63, 3.8) is 0 Å². The van der Waals surface area contributed by atoms with Gasteiger partial charge in [-0.3, -0.25) is 4.79 Å². The van der Waals surface area contributed by atoms with Gasteiger partial charge in [0.2, 0.25) is 5.91 Å². The van der Waals surface area contributed by atoms with Gasteiger partial charge < -0.3 is 5.73 Å². The lowest BCUT2D eigenvalue weighted by Gasteiger charge is -2.40. The molecule has 2 heteroatoms. The standard InChI is InChI=1S/C11H19NO/c1-10(2)7-4-5-11(3,6-7)8(10)9(12)13/h7-8H,4-6H2,1-3H3,(H2,12,13)/t7-,8-,11+/m1/s1. The second kappa shape index (κ2) is 2.28. The van der Waals surface area contributed by atoms with Crippen LogP contribution in [0.15, 0.2) is 0 Å². The second-order valence-electron chi connectivity index (χ2n) is 5.75. The molecule has 2 saturated carbocycles. The minimum atomic E-state index is -0.0882. The molecule has 2 bridgehead atoms. The maximum atomic E-state index is 11.4. The first-order chi connectivity index (χ1) is 5.88. The fourth-order valence-electron chi connectivity index (χ4n) is 4.01. The normalized spacial score (nSPS) is 46.7. The summed E-state index contributed by atoms with van der Waals surface area (Å²) in [4.78, 5) is 11.4. The van der Waals surface area contributed by atoms with Crippen LogP contribution in [0.25, 0.3) is 0 Å². The molecule has 0 aromatic rings. The molecule has 0 aromatic heterocycles. The molecule has 13 heavy (non-hydrogen) atoms. The third-order valence-corrected chi connectivity index (χ3v) is 4.55. The van der Waals surface area contributed by atoms with Gasteiger partial charge >= 0.3 is 0 Å². The highest BCUT2D eigenvalue weighted by molar-refractivity contribution is 5.79. The number of carbonyl (C=O) groups is 1. The fourth-order valence-corrected chi connectivity index (χ4v) is 4.01. The summed E-state index contributed by atoms with van der Waals surface area (Å²) >= 11 is 0. The third-order valence-electron chi connectivity index (χ3n) is 4.55. The Morgan fingerprint density at radius 3 is 2.31 bits per heavy atom. The third kappa shape index (κ3) is 0.976. The molecule has 3 atom stereocenters. The molecule has 2 aliphatic rings. The summed E-state index contributed by atoms with van der Waals surface area (Å²) in [5, 5.41) is 0. The van der Waals surface area contributed by atoms with Gasteiger partial charge in [0.05, 0.1) is 0 Å². The topological polar surface area (TPSA) is 43.1 Å². The molecule has 0 spiro atoms. The molecule has 2 rings (SSSR count). The maximum absolute atomic E-state index is 11.4. The van der Waals surface area contributed by atoms with Crippen molar-refractivity contribution in [1.29, 1.82) is 0 Å². The van der Waals surface area contributed by atoms with E-state index in [4.69, 9.17) is 5.73 Å². The summed E-state index contributed by atoms with van der Waals surface area (Å²) in [6, 6.07) is 0. The summed E-state index contributed by atoms with van der Waals surface area (Å²) in [6.07, 6.45) is 3.68. The average Bonchev–Trinajstić information content (AvgIpc) is 2.36. The van der Waals surface area contributed by atoms with Crippen LogP contribution in [0.2, 0.25) is 0 Å². The number of amides is 1. The first kappa shape index (κ1) is 9.04.